The van der Waals surface area contributed by atoms with Crippen LogP contribution in [0.25, 0.3) is 0 Å². The first-order chi connectivity index (χ1) is 10.7. The second kappa shape index (κ2) is 7.55. The van der Waals surface area contributed by atoms with Crippen molar-refractivity contribution in [3.63, 3.8) is 0 Å². The molecule has 1 aliphatic rings. The number of amides is 4. The Morgan fingerprint density at radius 2 is 1.43 bits per heavy atom. The van der Waals surface area contributed by atoms with Gasteiger partial charge in [0.1, 0.15) is 5.92 Å². The van der Waals surface area contributed by atoms with Gasteiger partial charge in [-0.3, -0.25) is 19.8 Å². The van der Waals surface area contributed by atoms with Gasteiger partial charge < -0.3 is 0 Å². The molecule has 2 aromatic rings. The maximum absolute atomic E-state index is 12.6. The van der Waals surface area contributed by atoms with E-state index in [9.17, 15) is 14.4 Å². The van der Waals surface area contributed by atoms with E-state index in [4.69, 9.17) is 0 Å². The number of nitrogens with zero attached hydrogens (tertiary/aromatic N) is 1. The molecule has 1 saturated heterocycles. The van der Waals surface area contributed by atoms with Crippen molar-refractivity contribution in [2.45, 2.75) is 12.5 Å². The summed E-state index contributed by atoms with van der Waals surface area (Å²) in [7, 11) is 0. The van der Waals surface area contributed by atoms with Gasteiger partial charge in [0.15, 0.2) is 0 Å². The molecule has 3 rings (SSSR count). The third kappa shape index (κ3) is 3.69. The van der Waals surface area contributed by atoms with Crippen LogP contribution in [0.5, 0.6) is 0 Å². The summed E-state index contributed by atoms with van der Waals surface area (Å²) in [6, 6.07) is 17.2. The summed E-state index contributed by atoms with van der Waals surface area (Å²) in [4.78, 5) is 37.7. The molecule has 1 N–H and O–H groups in total. The summed E-state index contributed by atoms with van der Waals surface area (Å²) >= 11 is 0. The van der Waals surface area contributed by atoms with Crippen LogP contribution >= 0.6 is 0 Å². The summed E-state index contributed by atoms with van der Waals surface area (Å²) in [5.41, 5.74) is 1.41. The molecule has 4 amide bonds. The average molecular weight is 318 g/mol. The predicted molar refractivity (Wildman–Crippen MR) is 86.9 cm³/mol. The van der Waals surface area contributed by atoms with E-state index in [0.29, 0.717) is 5.56 Å². The molecule has 23 heavy (non-hydrogen) atoms. The van der Waals surface area contributed by atoms with Gasteiger partial charge in [-0.15, -0.1) is 0 Å². The van der Waals surface area contributed by atoms with Crippen LogP contribution in [0.1, 0.15) is 17.0 Å². The van der Waals surface area contributed by atoms with Crippen molar-refractivity contribution in [3.8, 4) is 0 Å². The second-order valence-electron chi connectivity index (χ2n) is 5.05. The Balaban J connectivity index is 0.00000192. The number of hydrogen-bond donors (Lipinski definition) is 1. The zero-order valence-corrected chi connectivity index (χ0v) is 11.7. The number of carbonyl (C=O) groups excluding carboxylic acids is 3. The first kappa shape index (κ1) is 17.4. The summed E-state index contributed by atoms with van der Waals surface area (Å²) in [6.45, 7) is 0.141. The Kier molecular flexibility index (Phi) is 5.71. The Labute approximate surface area is 156 Å². The van der Waals surface area contributed by atoms with E-state index in [1.54, 1.807) is 24.3 Å². The zero-order chi connectivity index (χ0) is 15.5. The number of rotatable bonds is 3. The van der Waals surface area contributed by atoms with E-state index >= 15 is 0 Å². The first-order valence-electron chi connectivity index (χ1n) is 6.92. The molecular weight excluding hydrogens is 303 g/mol. The Bertz CT molecular complexity index is 719. The molecule has 5 nitrogen and oxygen atoms in total. The topological polar surface area (TPSA) is 66.5 Å². The summed E-state index contributed by atoms with van der Waals surface area (Å²) in [5, 5.41) is 2.26. The Morgan fingerprint density at radius 1 is 0.870 bits per heavy atom. The minimum absolute atomic E-state index is 0. The van der Waals surface area contributed by atoms with E-state index in [2.05, 4.69) is 5.32 Å². The van der Waals surface area contributed by atoms with Gasteiger partial charge in [-0.2, -0.15) is 0 Å². The number of urea groups is 1. The number of hydrogen-bond acceptors (Lipinski definition) is 3. The van der Waals surface area contributed by atoms with Crippen molar-refractivity contribution in [3.05, 3.63) is 71.8 Å². The zero-order valence-electron chi connectivity index (χ0n) is 11.7. The molecule has 1 atom stereocenters. The van der Waals surface area contributed by atoms with E-state index < -0.39 is 23.8 Å². The molecule has 1 fully saturated rings. The summed E-state index contributed by atoms with van der Waals surface area (Å²) < 4.78 is 0. The van der Waals surface area contributed by atoms with Crippen LogP contribution in [0.15, 0.2) is 60.7 Å². The first-order valence-corrected chi connectivity index (χ1v) is 6.92. The Morgan fingerprint density at radius 3 is 2.04 bits per heavy atom. The third-order valence-corrected chi connectivity index (χ3v) is 3.57. The summed E-state index contributed by atoms with van der Waals surface area (Å²) in [6.07, 6.45) is 0. The van der Waals surface area contributed by atoms with Gasteiger partial charge in [0.25, 0.3) is 0 Å². The van der Waals surface area contributed by atoms with Crippen molar-refractivity contribution in [1.82, 2.24) is 10.2 Å². The number of barbiturate groups is 1. The fraction of sp³-hybridized carbons (Fsp3) is 0.118. The predicted octanol–water partition coefficient (Wildman–Crippen LogP) is 1.40. The van der Waals surface area contributed by atoms with Crippen molar-refractivity contribution < 1.29 is 14.4 Å². The van der Waals surface area contributed by atoms with Gasteiger partial charge in [0, 0.05) is 0 Å². The van der Waals surface area contributed by atoms with Gasteiger partial charge in [0.05, 0.1) is 6.54 Å². The van der Waals surface area contributed by atoms with E-state index in [0.717, 1.165) is 10.5 Å². The monoisotopic (exact) mass is 318 g/mol. The van der Waals surface area contributed by atoms with Crippen molar-refractivity contribution in [2.75, 3.05) is 0 Å². The van der Waals surface area contributed by atoms with Crippen LogP contribution in [0.4, 0.5) is 4.79 Å². The van der Waals surface area contributed by atoms with Crippen LogP contribution in [-0.2, 0) is 16.1 Å². The number of benzene rings is 2. The molecule has 112 valence electrons. The van der Waals surface area contributed by atoms with Gasteiger partial charge in [-0.1, -0.05) is 60.7 Å². The summed E-state index contributed by atoms with van der Waals surface area (Å²) in [5.74, 6) is -2.06. The molecule has 1 unspecified atom stereocenters. The molecule has 0 saturated carbocycles. The standard InChI is InChI=1S/C17H14N2O3.Na.H/c20-15-14(13-9-5-2-6-10-13)16(21)19(17(22)18-15)11-12-7-3-1-4-8-12;;/h1-10,14H,11H2,(H,18,20,22);;. The van der Waals surface area contributed by atoms with E-state index in [1.165, 1.54) is 0 Å². The van der Waals surface area contributed by atoms with E-state index in [-0.39, 0.29) is 36.1 Å². The van der Waals surface area contributed by atoms with Gasteiger partial charge >= 0.3 is 35.6 Å². The number of nitrogens with one attached hydrogen (secondary N) is 1. The average Bonchev–Trinajstić information content (AvgIpc) is 2.53. The molecule has 0 aromatic heterocycles. The van der Waals surface area contributed by atoms with Gasteiger partial charge in [-0.05, 0) is 11.1 Å². The fourth-order valence-corrected chi connectivity index (χ4v) is 2.47. The minimum atomic E-state index is -0.984. The molecule has 1 heterocycles. The molecule has 0 bridgehead atoms. The number of carbonyl (C=O) groups is 3. The maximum atomic E-state index is 12.6. The van der Waals surface area contributed by atoms with Crippen LogP contribution in [-0.4, -0.2) is 52.3 Å². The van der Waals surface area contributed by atoms with Crippen LogP contribution in [0.3, 0.4) is 0 Å². The fourth-order valence-electron chi connectivity index (χ4n) is 2.47. The van der Waals surface area contributed by atoms with E-state index in [1.807, 2.05) is 36.4 Å². The molecule has 0 radical (unpaired) electrons. The quantitative estimate of drug-likeness (QED) is 0.687. The van der Waals surface area contributed by atoms with Gasteiger partial charge in [-0.25, -0.2) is 4.79 Å². The SMILES string of the molecule is O=C1NC(=O)N(Cc2ccccc2)C(=O)C1c1ccccc1.[NaH]. The second-order valence-corrected chi connectivity index (χ2v) is 5.05. The third-order valence-electron chi connectivity index (χ3n) is 3.57. The number of imide groups is 2. The van der Waals surface area contributed by atoms with Crippen molar-refractivity contribution in [2.24, 2.45) is 0 Å². The Hall–Kier alpha value is -1.95. The molecule has 0 aliphatic carbocycles. The molecule has 1 aliphatic heterocycles. The van der Waals surface area contributed by atoms with Crippen LogP contribution in [0, 0.1) is 0 Å². The van der Waals surface area contributed by atoms with Crippen LogP contribution in [0.2, 0.25) is 0 Å². The van der Waals surface area contributed by atoms with Crippen molar-refractivity contribution in [1.29, 1.82) is 0 Å². The molecule has 0 spiro atoms. The molecule has 2 aromatic carbocycles. The van der Waals surface area contributed by atoms with Gasteiger partial charge in [0.2, 0.25) is 11.8 Å². The molecular formula is C17H15N2NaO3. The normalized spacial score (nSPS) is 17.5. The molecule has 6 heteroatoms. The van der Waals surface area contributed by atoms with Crippen molar-refractivity contribution >= 4 is 47.4 Å². The van der Waals surface area contributed by atoms with Crippen LogP contribution < -0.4 is 5.32 Å².